The van der Waals surface area contributed by atoms with Crippen LogP contribution >= 0.6 is 0 Å². The van der Waals surface area contributed by atoms with Crippen LogP contribution in [0.25, 0.3) is 6.08 Å². The first kappa shape index (κ1) is 14.9. The molecular weight excluding hydrogens is 276 g/mol. The maximum Gasteiger partial charge on any atom is 0.159 e. The van der Waals surface area contributed by atoms with E-state index in [2.05, 4.69) is 19.9 Å². The molecule has 3 aliphatic rings. The van der Waals surface area contributed by atoms with E-state index in [0.29, 0.717) is 5.92 Å². The third-order valence-electron chi connectivity index (χ3n) is 5.16. The Kier molecular flexibility index (Phi) is 3.59. The van der Waals surface area contributed by atoms with E-state index in [0.717, 1.165) is 29.1 Å². The summed E-state index contributed by atoms with van der Waals surface area (Å²) in [6.07, 6.45) is 6.90. The van der Waals surface area contributed by atoms with Crippen molar-refractivity contribution in [2.24, 2.45) is 17.3 Å². The SMILES string of the molecule is COc1cc(C=CC2=CC(=O)C3CC2C3(C)C)cc(OC)c1. The van der Waals surface area contributed by atoms with Gasteiger partial charge in [0.2, 0.25) is 0 Å². The number of hydrogen-bond acceptors (Lipinski definition) is 3. The van der Waals surface area contributed by atoms with Crippen molar-refractivity contribution in [1.82, 2.24) is 0 Å². The number of methoxy groups -OCH3 is 2. The van der Waals surface area contributed by atoms with Crippen molar-refractivity contribution in [3.05, 3.63) is 41.5 Å². The van der Waals surface area contributed by atoms with E-state index in [-0.39, 0.29) is 17.1 Å². The van der Waals surface area contributed by atoms with Crippen LogP contribution < -0.4 is 9.47 Å². The van der Waals surface area contributed by atoms with E-state index < -0.39 is 0 Å². The highest BCUT2D eigenvalue weighted by atomic mass is 16.5. The zero-order valence-electron chi connectivity index (χ0n) is 13.6. The van der Waals surface area contributed by atoms with Crippen LogP contribution in [0.1, 0.15) is 25.8 Å². The van der Waals surface area contributed by atoms with Crippen LogP contribution in [0.5, 0.6) is 11.5 Å². The summed E-state index contributed by atoms with van der Waals surface area (Å²) in [6.45, 7) is 4.39. The van der Waals surface area contributed by atoms with Crippen LogP contribution in [-0.4, -0.2) is 20.0 Å². The lowest BCUT2D eigenvalue weighted by atomic mass is 9.48. The number of allylic oxidation sites excluding steroid dienone is 3. The van der Waals surface area contributed by atoms with Gasteiger partial charge in [0.15, 0.2) is 5.78 Å². The summed E-state index contributed by atoms with van der Waals surface area (Å²) in [7, 11) is 3.28. The third kappa shape index (κ3) is 2.35. The van der Waals surface area contributed by atoms with Gasteiger partial charge >= 0.3 is 0 Å². The number of hydrogen-bond donors (Lipinski definition) is 0. The Hall–Kier alpha value is -2.03. The minimum absolute atomic E-state index is 0.0948. The van der Waals surface area contributed by atoms with Gasteiger partial charge in [-0.3, -0.25) is 4.79 Å². The number of ketones is 1. The van der Waals surface area contributed by atoms with Crippen molar-refractivity contribution in [2.75, 3.05) is 14.2 Å². The van der Waals surface area contributed by atoms with Crippen molar-refractivity contribution in [2.45, 2.75) is 20.3 Å². The Balaban J connectivity index is 1.87. The molecule has 2 bridgehead atoms. The Morgan fingerprint density at radius 3 is 2.18 bits per heavy atom. The number of rotatable bonds is 4. The smallest absolute Gasteiger partial charge is 0.159 e. The Labute approximate surface area is 131 Å². The van der Waals surface area contributed by atoms with Gasteiger partial charge in [-0.1, -0.05) is 26.0 Å². The molecule has 0 heterocycles. The summed E-state index contributed by atoms with van der Waals surface area (Å²) in [5.74, 6) is 2.49. The zero-order valence-corrected chi connectivity index (χ0v) is 13.6. The minimum Gasteiger partial charge on any atom is -0.497 e. The molecule has 3 nitrogen and oxygen atoms in total. The van der Waals surface area contributed by atoms with Crippen LogP contribution in [0.15, 0.2) is 35.9 Å². The number of carbonyl (C=O) groups is 1. The maximum atomic E-state index is 12.1. The van der Waals surface area contributed by atoms with Crippen LogP contribution in [0.3, 0.4) is 0 Å². The van der Waals surface area contributed by atoms with Crippen molar-refractivity contribution in [3.8, 4) is 11.5 Å². The van der Waals surface area contributed by atoms with E-state index in [1.807, 2.05) is 30.4 Å². The van der Waals surface area contributed by atoms with Crippen LogP contribution in [0.4, 0.5) is 0 Å². The molecule has 22 heavy (non-hydrogen) atoms. The summed E-state index contributed by atoms with van der Waals surface area (Å²) >= 11 is 0. The average Bonchev–Trinajstić information content (AvgIpc) is 2.51. The van der Waals surface area contributed by atoms with Gasteiger partial charge in [-0.05, 0) is 47.1 Å². The van der Waals surface area contributed by atoms with Gasteiger partial charge < -0.3 is 9.47 Å². The molecule has 0 spiro atoms. The molecule has 3 aliphatic carbocycles. The van der Waals surface area contributed by atoms with Gasteiger partial charge in [0.1, 0.15) is 11.5 Å². The fourth-order valence-electron chi connectivity index (χ4n) is 3.62. The van der Waals surface area contributed by atoms with E-state index >= 15 is 0 Å². The van der Waals surface area contributed by atoms with Crippen LogP contribution in [0, 0.1) is 17.3 Å². The Morgan fingerprint density at radius 2 is 1.68 bits per heavy atom. The van der Waals surface area contributed by atoms with E-state index in [1.165, 1.54) is 0 Å². The van der Waals surface area contributed by atoms with E-state index in [1.54, 1.807) is 14.2 Å². The molecule has 1 aromatic carbocycles. The summed E-state index contributed by atoms with van der Waals surface area (Å²) in [5.41, 5.74) is 2.24. The van der Waals surface area contributed by atoms with Gasteiger partial charge in [-0.2, -0.15) is 0 Å². The molecule has 0 amide bonds. The molecule has 0 radical (unpaired) electrons. The second kappa shape index (κ2) is 5.31. The van der Waals surface area contributed by atoms with Crippen molar-refractivity contribution >= 4 is 11.9 Å². The fraction of sp³-hybridized carbons (Fsp3) is 0.421. The Morgan fingerprint density at radius 1 is 1.05 bits per heavy atom. The summed E-state index contributed by atoms with van der Waals surface area (Å²) in [5, 5.41) is 0. The monoisotopic (exact) mass is 298 g/mol. The lowest BCUT2D eigenvalue weighted by molar-refractivity contribution is -0.133. The quantitative estimate of drug-likeness (QED) is 0.846. The third-order valence-corrected chi connectivity index (χ3v) is 5.16. The molecule has 4 rings (SSSR count). The largest absolute Gasteiger partial charge is 0.497 e. The summed E-state index contributed by atoms with van der Waals surface area (Å²) in [6, 6.07) is 5.76. The van der Waals surface area contributed by atoms with E-state index in [9.17, 15) is 4.79 Å². The molecular formula is C19H22O3. The lowest BCUT2D eigenvalue weighted by Crippen LogP contribution is -2.52. The predicted octanol–water partition coefficient (Wildman–Crippen LogP) is 3.89. The topological polar surface area (TPSA) is 35.5 Å². The van der Waals surface area contributed by atoms with Gasteiger partial charge in [-0.15, -0.1) is 0 Å². The first-order valence-electron chi connectivity index (χ1n) is 7.62. The molecule has 0 aliphatic heterocycles. The van der Waals surface area contributed by atoms with E-state index in [4.69, 9.17) is 9.47 Å². The van der Waals surface area contributed by atoms with Gasteiger partial charge in [0.25, 0.3) is 0 Å². The molecule has 0 N–H and O–H groups in total. The number of carbonyl (C=O) groups excluding carboxylic acids is 1. The minimum atomic E-state index is 0.0948. The fourth-order valence-corrected chi connectivity index (χ4v) is 3.62. The molecule has 2 unspecified atom stereocenters. The second-order valence-electron chi connectivity index (χ2n) is 6.69. The predicted molar refractivity (Wildman–Crippen MR) is 87.0 cm³/mol. The highest BCUT2D eigenvalue weighted by molar-refractivity contribution is 5.96. The normalized spacial score (nSPS) is 25.6. The number of benzene rings is 1. The molecule has 0 saturated heterocycles. The molecule has 2 atom stereocenters. The first-order valence-corrected chi connectivity index (χ1v) is 7.62. The van der Waals surface area contributed by atoms with Crippen LogP contribution in [0.2, 0.25) is 0 Å². The molecule has 1 saturated carbocycles. The summed E-state index contributed by atoms with van der Waals surface area (Å²) < 4.78 is 10.6. The standard InChI is InChI=1S/C19H22O3/c1-19(2)16-11-17(19)18(20)9-13(16)6-5-12-7-14(21-3)10-15(8-12)22-4/h5-10,16-17H,11H2,1-4H3. The zero-order chi connectivity index (χ0) is 15.9. The van der Waals surface area contributed by atoms with Gasteiger partial charge in [0.05, 0.1) is 14.2 Å². The molecule has 1 fully saturated rings. The highest BCUT2D eigenvalue weighted by Crippen LogP contribution is 2.58. The molecule has 0 aromatic heterocycles. The van der Waals surface area contributed by atoms with Crippen LogP contribution in [-0.2, 0) is 4.79 Å². The lowest BCUT2D eigenvalue weighted by Gasteiger charge is -2.54. The van der Waals surface area contributed by atoms with Gasteiger partial charge in [-0.25, -0.2) is 0 Å². The highest BCUT2D eigenvalue weighted by Gasteiger charge is 2.54. The number of ether oxygens (including phenoxy) is 2. The summed E-state index contributed by atoms with van der Waals surface area (Å²) in [4.78, 5) is 12.1. The first-order chi connectivity index (χ1) is 10.5. The molecule has 116 valence electrons. The molecule has 1 aromatic rings. The second-order valence-corrected chi connectivity index (χ2v) is 6.69. The van der Waals surface area contributed by atoms with Crippen molar-refractivity contribution in [1.29, 1.82) is 0 Å². The Bertz CT molecular complexity index is 645. The van der Waals surface area contributed by atoms with Gasteiger partial charge in [0, 0.05) is 12.0 Å². The van der Waals surface area contributed by atoms with Crippen molar-refractivity contribution in [3.63, 3.8) is 0 Å². The molecule has 3 heteroatoms. The number of fused-ring (bicyclic) bond motifs is 1. The van der Waals surface area contributed by atoms with Crippen molar-refractivity contribution < 1.29 is 14.3 Å². The maximum absolute atomic E-state index is 12.1. The average molecular weight is 298 g/mol.